The molecule has 2 fully saturated rings. The van der Waals surface area contributed by atoms with Gasteiger partial charge in [0, 0.05) is 35.8 Å². The molecule has 0 spiro atoms. The molecule has 1 saturated carbocycles. The third kappa shape index (κ3) is 5.41. The lowest BCUT2D eigenvalue weighted by Gasteiger charge is -2.49. The predicted octanol–water partition coefficient (Wildman–Crippen LogP) is -0.214. The number of β-lactam (4-membered cyclic amide) rings is 1. The van der Waals surface area contributed by atoms with Gasteiger partial charge in [0.2, 0.25) is 11.4 Å². The zero-order chi connectivity index (χ0) is 29.5. The lowest BCUT2D eigenvalue weighted by atomic mass is 9.80. The topological polar surface area (TPSA) is 227 Å². The number of nitrogens with two attached hydrogens (primary N) is 2. The molecule has 2 atom stereocenters. The fraction of sp³-hybridized carbons (Fsp3) is 0.391. The van der Waals surface area contributed by atoms with Crippen molar-refractivity contribution >= 4 is 75.3 Å². The number of aromatic nitrogens is 3. The van der Waals surface area contributed by atoms with Crippen LogP contribution in [0, 0.1) is 0 Å². The van der Waals surface area contributed by atoms with Gasteiger partial charge in [0.15, 0.2) is 10.8 Å². The van der Waals surface area contributed by atoms with Crippen LogP contribution in [0.25, 0.3) is 0 Å². The van der Waals surface area contributed by atoms with Crippen molar-refractivity contribution in [3.63, 3.8) is 0 Å². The Balaban J connectivity index is 1.33. The van der Waals surface area contributed by atoms with Crippen LogP contribution in [-0.4, -0.2) is 83.1 Å². The molecule has 4 heterocycles. The third-order valence-corrected chi connectivity index (χ3v) is 9.89. The van der Waals surface area contributed by atoms with E-state index >= 15 is 0 Å². The molecule has 1 saturated heterocycles. The number of hydrogen-bond donors (Lipinski definition) is 5. The predicted molar refractivity (Wildman–Crippen MR) is 149 cm³/mol. The number of carbonyl (C=O) groups is 4. The number of aryl methyl sites for hydroxylation is 1. The van der Waals surface area contributed by atoms with E-state index in [0.717, 1.165) is 16.2 Å². The van der Waals surface area contributed by atoms with Crippen LogP contribution in [0.2, 0.25) is 0 Å². The van der Waals surface area contributed by atoms with Crippen LogP contribution < -0.4 is 21.4 Å². The molecule has 1 unspecified atom stereocenters. The van der Waals surface area contributed by atoms with Gasteiger partial charge in [-0.25, -0.2) is 19.1 Å². The second-order valence-electron chi connectivity index (χ2n) is 9.41. The minimum atomic E-state index is -1.54. The zero-order valence-electron chi connectivity index (χ0n) is 21.5. The summed E-state index contributed by atoms with van der Waals surface area (Å²) < 4.78 is 1.75. The van der Waals surface area contributed by atoms with Crippen molar-refractivity contribution in [3.05, 3.63) is 34.6 Å². The largest absolute Gasteiger partial charge is 0.478 e. The Hall–Kier alpha value is -3.90. The SMILES string of the molecule is C[n+]1ccc(N)nc1SCC1=C(C(=O)O)N2C(=O)C(NC(=O)/C(=N\OC3(C(=O)O)CCC3)c3csc(N)n3)[C@H]2SC1. The number of thiazole rings is 1. The molecule has 0 aromatic carbocycles. The number of nitrogens with zero attached hydrogens (tertiary/aromatic N) is 5. The summed E-state index contributed by atoms with van der Waals surface area (Å²) in [5.74, 6) is -3.02. The molecular weight excluding hydrogens is 597 g/mol. The van der Waals surface area contributed by atoms with Gasteiger partial charge in [0.05, 0.1) is 13.2 Å². The molecular formula is C23H25N8O7S3+. The minimum absolute atomic E-state index is 0.0542. The van der Waals surface area contributed by atoms with Gasteiger partial charge in [-0.15, -0.1) is 23.1 Å². The van der Waals surface area contributed by atoms with Gasteiger partial charge >= 0.3 is 17.1 Å². The Kier molecular flexibility index (Phi) is 7.80. The normalized spacial score (nSPS) is 21.4. The summed E-state index contributed by atoms with van der Waals surface area (Å²) >= 11 is 3.64. The van der Waals surface area contributed by atoms with Gasteiger partial charge in [0.25, 0.3) is 11.8 Å². The number of aliphatic carboxylic acids is 2. The monoisotopic (exact) mass is 621 g/mol. The van der Waals surface area contributed by atoms with Crippen LogP contribution >= 0.6 is 34.9 Å². The smallest absolute Gasteiger partial charge is 0.361 e. The van der Waals surface area contributed by atoms with Crippen molar-refractivity contribution in [1.82, 2.24) is 20.2 Å². The molecule has 5 rings (SSSR count). The van der Waals surface area contributed by atoms with Crippen LogP contribution in [-0.2, 0) is 31.1 Å². The summed E-state index contributed by atoms with van der Waals surface area (Å²) in [5.41, 5.74) is 10.0. The molecule has 18 heteroatoms. The van der Waals surface area contributed by atoms with Crippen molar-refractivity contribution in [1.29, 1.82) is 0 Å². The fourth-order valence-electron chi connectivity index (χ4n) is 4.34. The second-order valence-corrected chi connectivity index (χ2v) is 12.3. The first-order valence-corrected chi connectivity index (χ1v) is 15.1. The van der Waals surface area contributed by atoms with Gasteiger partial charge < -0.3 is 31.8 Å². The molecule has 2 amide bonds. The number of rotatable bonds is 10. The Morgan fingerprint density at radius 3 is 2.68 bits per heavy atom. The summed E-state index contributed by atoms with van der Waals surface area (Å²) in [6.45, 7) is 0. The quantitative estimate of drug-likeness (QED) is 0.0578. The van der Waals surface area contributed by atoms with E-state index < -0.39 is 40.8 Å². The zero-order valence-corrected chi connectivity index (χ0v) is 23.9. The molecule has 2 aromatic rings. The van der Waals surface area contributed by atoms with E-state index in [4.69, 9.17) is 16.3 Å². The number of carbonyl (C=O) groups excluding carboxylic acids is 2. The van der Waals surface area contributed by atoms with Crippen molar-refractivity contribution in [2.24, 2.45) is 12.2 Å². The van der Waals surface area contributed by atoms with Crippen molar-refractivity contribution in [2.75, 3.05) is 23.0 Å². The number of hydrogen-bond acceptors (Lipinski definition) is 13. The number of fused-ring (bicyclic) bond motifs is 1. The summed E-state index contributed by atoms with van der Waals surface area (Å²) in [7, 11) is 1.79. The number of nitrogen functional groups attached to an aromatic ring is 2. The summed E-state index contributed by atoms with van der Waals surface area (Å²) in [4.78, 5) is 65.2. The van der Waals surface area contributed by atoms with Gasteiger partial charge in [-0.2, -0.15) is 0 Å². The second kappa shape index (κ2) is 11.2. The summed E-state index contributed by atoms with van der Waals surface area (Å²) in [6.07, 6.45) is 2.83. The molecule has 3 aliphatic rings. The van der Waals surface area contributed by atoms with Crippen LogP contribution in [0.4, 0.5) is 10.9 Å². The first kappa shape index (κ1) is 28.6. The number of carboxylic acid groups (broad SMARTS) is 2. The Morgan fingerprint density at radius 2 is 2.07 bits per heavy atom. The number of carboxylic acids is 2. The average molecular weight is 622 g/mol. The maximum absolute atomic E-state index is 13.3. The molecule has 41 heavy (non-hydrogen) atoms. The van der Waals surface area contributed by atoms with Gasteiger partial charge in [-0.1, -0.05) is 5.16 Å². The molecule has 2 aromatic heterocycles. The number of anilines is 2. The van der Waals surface area contributed by atoms with E-state index in [1.54, 1.807) is 23.9 Å². The van der Waals surface area contributed by atoms with E-state index in [2.05, 4.69) is 20.4 Å². The maximum atomic E-state index is 13.3. The molecule has 2 aliphatic heterocycles. The first-order chi connectivity index (χ1) is 19.5. The summed E-state index contributed by atoms with van der Waals surface area (Å²) in [5, 5.41) is 27.5. The Bertz CT molecular complexity index is 1510. The van der Waals surface area contributed by atoms with Crippen molar-refractivity contribution in [2.45, 2.75) is 41.4 Å². The van der Waals surface area contributed by atoms with Crippen molar-refractivity contribution < 1.29 is 38.8 Å². The maximum Gasteiger partial charge on any atom is 0.361 e. The van der Waals surface area contributed by atoms with Crippen LogP contribution in [0.15, 0.2) is 39.2 Å². The van der Waals surface area contributed by atoms with Crippen LogP contribution in [0.1, 0.15) is 25.0 Å². The van der Waals surface area contributed by atoms with Gasteiger partial charge in [-0.05, 0) is 28.7 Å². The third-order valence-electron chi connectivity index (χ3n) is 6.75. The highest BCUT2D eigenvalue weighted by atomic mass is 32.2. The van der Waals surface area contributed by atoms with Crippen molar-refractivity contribution in [3.8, 4) is 0 Å². The lowest BCUT2D eigenvalue weighted by Crippen LogP contribution is -2.71. The lowest BCUT2D eigenvalue weighted by molar-refractivity contribution is -0.713. The standard InChI is InChI=1S/C23H24N8O7S3/c1-30-6-3-12(24)27-22(30)41-8-10-7-39-18-14(17(33)31(18)15(10)19(34)35)28-16(32)13(11-9-40-21(25)26-11)29-38-23(20(36)37)4-2-5-23/h3,6,9,14,18,24H,2,4-5,7-8H2,1H3,(H5,25,26,28,32,34,35,36,37)/p+1/b29-13-/t14?,18-/m1/s1. The molecule has 1 aliphatic carbocycles. The number of nitrogens with one attached hydrogen (secondary N) is 1. The number of amides is 2. The number of thioether (sulfide) groups is 2. The minimum Gasteiger partial charge on any atom is -0.478 e. The van der Waals surface area contributed by atoms with E-state index in [1.807, 2.05) is 0 Å². The molecule has 7 N–H and O–H groups in total. The van der Waals surface area contributed by atoms with Crippen LogP contribution in [0.3, 0.4) is 0 Å². The van der Waals surface area contributed by atoms with Gasteiger partial charge in [0.1, 0.15) is 22.8 Å². The van der Waals surface area contributed by atoms with E-state index in [1.165, 1.54) is 28.9 Å². The molecule has 15 nitrogen and oxygen atoms in total. The Morgan fingerprint density at radius 1 is 1.32 bits per heavy atom. The van der Waals surface area contributed by atoms with E-state index in [0.29, 0.717) is 28.7 Å². The van der Waals surface area contributed by atoms with E-state index in [9.17, 15) is 29.4 Å². The first-order valence-electron chi connectivity index (χ1n) is 12.2. The number of oxime groups is 1. The Labute approximate surface area is 245 Å². The molecule has 216 valence electrons. The molecule has 0 radical (unpaired) electrons. The average Bonchev–Trinajstić information content (AvgIpc) is 3.33. The van der Waals surface area contributed by atoms with Crippen LogP contribution in [0.5, 0.6) is 0 Å². The summed E-state index contributed by atoms with van der Waals surface area (Å²) in [6, 6.07) is 0.589. The molecule has 0 bridgehead atoms. The fourth-order valence-corrected chi connectivity index (χ4v) is 7.34. The van der Waals surface area contributed by atoms with E-state index in [-0.39, 0.29) is 40.8 Å². The highest BCUT2D eigenvalue weighted by molar-refractivity contribution is 8.01. The highest BCUT2D eigenvalue weighted by Gasteiger charge is 2.54. The van der Waals surface area contributed by atoms with Gasteiger partial charge in [-0.3, -0.25) is 14.5 Å². The highest BCUT2D eigenvalue weighted by Crippen LogP contribution is 2.41.